The number of nitrogens with zero attached hydrogens (tertiary/aromatic N) is 3. The number of hydrogen-bond acceptors (Lipinski definition) is 4. The summed E-state index contributed by atoms with van der Waals surface area (Å²) in [5, 5.41) is 13.0. The van der Waals surface area contributed by atoms with Crippen LogP contribution in [0.2, 0.25) is 0 Å². The Balaban J connectivity index is 3.21. The molecule has 5 nitrogen and oxygen atoms in total. The van der Waals surface area contributed by atoms with E-state index in [0.29, 0.717) is 13.2 Å². The minimum absolute atomic E-state index is 0.134. The van der Waals surface area contributed by atoms with Crippen LogP contribution in [0.15, 0.2) is 10.9 Å². The van der Waals surface area contributed by atoms with Crippen LogP contribution in [0.4, 0.5) is 0 Å². The Morgan fingerprint density at radius 1 is 1.62 bits per heavy atom. The third-order valence-corrected chi connectivity index (χ3v) is 2.21. The second-order valence-electron chi connectivity index (χ2n) is 3.77. The molecule has 16 heavy (non-hydrogen) atoms. The van der Waals surface area contributed by atoms with Crippen molar-refractivity contribution < 1.29 is 4.74 Å². The van der Waals surface area contributed by atoms with Gasteiger partial charge >= 0.3 is 0 Å². The molecule has 0 fully saturated rings. The second-order valence-corrected chi connectivity index (χ2v) is 3.77. The van der Waals surface area contributed by atoms with Gasteiger partial charge in [-0.15, -0.1) is 0 Å². The van der Waals surface area contributed by atoms with Crippen molar-refractivity contribution in [3.05, 3.63) is 27.7 Å². The predicted molar refractivity (Wildman–Crippen MR) is 59.2 cm³/mol. The highest BCUT2D eigenvalue weighted by Crippen LogP contribution is 2.10. The van der Waals surface area contributed by atoms with E-state index in [9.17, 15) is 4.79 Å². The van der Waals surface area contributed by atoms with Crippen molar-refractivity contribution in [1.82, 2.24) is 9.78 Å². The van der Waals surface area contributed by atoms with Gasteiger partial charge in [0.15, 0.2) is 0 Å². The lowest BCUT2D eigenvalue weighted by Gasteiger charge is -2.09. The summed E-state index contributed by atoms with van der Waals surface area (Å²) in [6.45, 7) is 4.70. The lowest BCUT2D eigenvalue weighted by atomic mass is 10.1. The van der Waals surface area contributed by atoms with E-state index >= 15 is 0 Å². The Morgan fingerprint density at radius 2 is 2.31 bits per heavy atom. The van der Waals surface area contributed by atoms with Crippen LogP contribution in [-0.4, -0.2) is 23.5 Å². The number of hydrogen-bond donors (Lipinski definition) is 0. The van der Waals surface area contributed by atoms with E-state index in [2.05, 4.69) is 5.10 Å². The van der Waals surface area contributed by atoms with Crippen molar-refractivity contribution in [2.75, 3.05) is 13.7 Å². The maximum absolute atomic E-state index is 11.7. The van der Waals surface area contributed by atoms with Crippen molar-refractivity contribution >= 4 is 0 Å². The molecule has 0 saturated carbocycles. The third kappa shape index (κ3) is 2.67. The molecule has 1 heterocycles. The van der Waals surface area contributed by atoms with E-state index in [1.807, 2.05) is 19.9 Å². The summed E-state index contributed by atoms with van der Waals surface area (Å²) in [4.78, 5) is 11.7. The topological polar surface area (TPSA) is 67.9 Å². The van der Waals surface area contributed by atoms with E-state index in [-0.39, 0.29) is 17.0 Å². The van der Waals surface area contributed by atoms with Crippen LogP contribution in [0, 0.1) is 11.3 Å². The summed E-state index contributed by atoms with van der Waals surface area (Å²) >= 11 is 0. The highest BCUT2D eigenvalue weighted by molar-refractivity contribution is 5.27. The number of methoxy groups -OCH3 is 1. The van der Waals surface area contributed by atoms with E-state index in [4.69, 9.17) is 10.00 Å². The van der Waals surface area contributed by atoms with E-state index in [1.165, 1.54) is 4.68 Å². The van der Waals surface area contributed by atoms with Crippen LogP contribution in [0.25, 0.3) is 0 Å². The summed E-state index contributed by atoms with van der Waals surface area (Å²) in [7, 11) is 1.56. The number of nitriles is 1. The third-order valence-electron chi connectivity index (χ3n) is 2.21. The number of aromatic nitrogens is 2. The molecule has 1 rings (SSSR count). The monoisotopic (exact) mass is 221 g/mol. The molecule has 0 aliphatic rings. The molecule has 0 aromatic carbocycles. The molecule has 0 aliphatic heterocycles. The lowest BCUT2D eigenvalue weighted by molar-refractivity contribution is 0.181. The fourth-order valence-electron chi connectivity index (χ4n) is 1.25. The van der Waals surface area contributed by atoms with Crippen LogP contribution in [-0.2, 0) is 11.3 Å². The predicted octanol–water partition coefficient (Wildman–Crippen LogP) is 0.885. The Kier molecular flexibility index (Phi) is 4.20. The first-order chi connectivity index (χ1) is 7.60. The molecule has 86 valence electrons. The molecule has 0 atom stereocenters. The van der Waals surface area contributed by atoms with Gasteiger partial charge in [-0.3, -0.25) is 4.79 Å². The van der Waals surface area contributed by atoms with Gasteiger partial charge in [0, 0.05) is 7.11 Å². The quantitative estimate of drug-likeness (QED) is 0.757. The Bertz CT molecular complexity index is 457. The van der Waals surface area contributed by atoms with Gasteiger partial charge in [0.2, 0.25) is 0 Å². The average molecular weight is 221 g/mol. The number of ether oxygens (including phenoxy) is 1. The van der Waals surface area contributed by atoms with Gasteiger partial charge in [0.05, 0.1) is 18.8 Å². The average Bonchev–Trinajstić information content (AvgIpc) is 2.27. The first-order valence-electron chi connectivity index (χ1n) is 5.11. The van der Waals surface area contributed by atoms with Gasteiger partial charge in [-0.2, -0.15) is 10.4 Å². The highest BCUT2D eigenvalue weighted by Gasteiger charge is 2.10. The van der Waals surface area contributed by atoms with Crippen molar-refractivity contribution in [2.45, 2.75) is 26.3 Å². The summed E-state index contributed by atoms with van der Waals surface area (Å²) in [5.41, 5.74) is 0.519. The molecule has 0 radical (unpaired) electrons. The molecule has 0 unspecified atom stereocenters. The Labute approximate surface area is 94.3 Å². The van der Waals surface area contributed by atoms with Crippen molar-refractivity contribution in [3.63, 3.8) is 0 Å². The normalized spacial score (nSPS) is 10.4. The maximum atomic E-state index is 11.7. The second kappa shape index (κ2) is 5.42. The Hall–Kier alpha value is -1.67. The highest BCUT2D eigenvalue weighted by atomic mass is 16.5. The van der Waals surface area contributed by atoms with Crippen LogP contribution >= 0.6 is 0 Å². The zero-order chi connectivity index (χ0) is 12.1. The molecule has 1 aromatic rings. The van der Waals surface area contributed by atoms with E-state index < -0.39 is 0 Å². The SMILES string of the molecule is COCCn1nc(C(C)C)cc(C#N)c1=O. The molecular formula is C11H15N3O2. The fourth-order valence-corrected chi connectivity index (χ4v) is 1.25. The van der Waals surface area contributed by atoms with E-state index in [0.717, 1.165) is 5.69 Å². The van der Waals surface area contributed by atoms with Gasteiger partial charge in [0.1, 0.15) is 11.6 Å². The first-order valence-corrected chi connectivity index (χ1v) is 5.11. The van der Waals surface area contributed by atoms with Crippen molar-refractivity contribution in [3.8, 4) is 6.07 Å². The molecular weight excluding hydrogens is 206 g/mol. The van der Waals surface area contributed by atoms with Gasteiger partial charge in [-0.25, -0.2) is 4.68 Å². The van der Waals surface area contributed by atoms with Crippen LogP contribution in [0.1, 0.15) is 31.0 Å². The minimum atomic E-state index is -0.357. The molecule has 5 heteroatoms. The van der Waals surface area contributed by atoms with Gasteiger partial charge in [0.25, 0.3) is 5.56 Å². The molecule has 0 bridgehead atoms. The van der Waals surface area contributed by atoms with Crippen LogP contribution < -0.4 is 5.56 Å². The number of rotatable bonds is 4. The van der Waals surface area contributed by atoms with Crippen molar-refractivity contribution in [1.29, 1.82) is 5.26 Å². The van der Waals surface area contributed by atoms with Gasteiger partial charge in [-0.05, 0) is 12.0 Å². The van der Waals surface area contributed by atoms with Gasteiger partial charge in [-0.1, -0.05) is 13.8 Å². The minimum Gasteiger partial charge on any atom is -0.383 e. The van der Waals surface area contributed by atoms with Gasteiger partial charge < -0.3 is 4.74 Å². The standard InChI is InChI=1S/C11H15N3O2/c1-8(2)10-6-9(7-12)11(15)14(13-10)4-5-16-3/h6,8H,4-5H2,1-3H3. The van der Waals surface area contributed by atoms with Crippen LogP contribution in [0.3, 0.4) is 0 Å². The fraction of sp³-hybridized carbons (Fsp3) is 0.545. The molecule has 1 aromatic heterocycles. The summed E-state index contributed by atoms with van der Waals surface area (Å²) < 4.78 is 6.18. The maximum Gasteiger partial charge on any atom is 0.284 e. The summed E-state index contributed by atoms with van der Waals surface area (Å²) in [5.74, 6) is 0.182. The molecule has 0 N–H and O–H groups in total. The summed E-state index contributed by atoms with van der Waals surface area (Å²) in [6.07, 6.45) is 0. The van der Waals surface area contributed by atoms with Crippen LogP contribution in [0.5, 0.6) is 0 Å². The Morgan fingerprint density at radius 3 is 2.81 bits per heavy atom. The lowest BCUT2D eigenvalue weighted by Crippen LogP contribution is -2.28. The van der Waals surface area contributed by atoms with Crippen molar-refractivity contribution in [2.24, 2.45) is 0 Å². The zero-order valence-corrected chi connectivity index (χ0v) is 9.73. The largest absolute Gasteiger partial charge is 0.383 e. The molecule has 0 amide bonds. The zero-order valence-electron chi connectivity index (χ0n) is 9.73. The summed E-state index contributed by atoms with van der Waals surface area (Å²) in [6, 6.07) is 3.45. The first kappa shape index (κ1) is 12.4. The molecule has 0 aliphatic carbocycles. The molecule has 0 saturated heterocycles. The molecule has 0 spiro atoms. The smallest absolute Gasteiger partial charge is 0.284 e. The van der Waals surface area contributed by atoms with E-state index in [1.54, 1.807) is 13.2 Å².